The highest BCUT2D eigenvalue weighted by molar-refractivity contribution is 7.89. The van der Waals surface area contributed by atoms with Gasteiger partial charge in [-0.1, -0.05) is 18.2 Å². The Hall–Kier alpha value is -2.63. The number of ether oxygens (including phenoxy) is 2. The molecule has 7 nitrogen and oxygen atoms in total. The molecule has 2 aromatic rings. The summed E-state index contributed by atoms with van der Waals surface area (Å²) in [5, 5.41) is 7.71. The van der Waals surface area contributed by atoms with E-state index < -0.39 is 34.1 Å². The number of hydrogen-bond donors (Lipinski definition) is 2. The van der Waals surface area contributed by atoms with Crippen LogP contribution in [0.4, 0.5) is 18.9 Å². The molecule has 1 amide bonds. The molecule has 0 atom stereocenters. The van der Waals surface area contributed by atoms with Gasteiger partial charge in [-0.25, -0.2) is 13.6 Å². The Labute approximate surface area is 183 Å². The van der Waals surface area contributed by atoms with Gasteiger partial charge in [0, 0.05) is 18.9 Å². The van der Waals surface area contributed by atoms with E-state index in [0.29, 0.717) is 13.2 Å². The van der Waals surface area contributed by atoms with E-state index in [1.54, 1.807) is 0 Å². The highest BCUT2D eigenvalue weighted by Gasteiger charge is 2.33. The van der Waals surface area contributed by atoms with Crippen molar-refractivity contribution in [3.63, 3.8) is 0 Å². The van der Waals surface area contributed by atoms with Crippen LogP contribution in [0, 0.1) is 5.92 Å². The molecule has 0 bridgehead atoms. The second-order valence-corrected chi connectivity index (χ2v) is 8.98. The molecule has 3 N–H and O–H groups in total. The number of carbonyl (C=O) groups excluding carboxylic acids is 1. The number of hydrogen-bond acceptors (Lipinski definition) is 5. The second-order valence-electron chi connectivity index (χ2n) is 7.45. The van der Waals surface area contributed by atoms with E-state index >= 15 is 0 Å². The Bertz CT molecular complexity index is 1070. The van der Waals surface area contributed by atoms with Crippen LogP contribution in [0.5, 0.6) is 5.75 Å². The lowest BCUT2D eigenvalue weighted by Crippen LogP contribution is -2.22. The van der Waals surface area contributed by atoms with E-state index in [0.717, 1.165) is 25.0 Å². The summed E-state index contributed by atoms with van der Waals surface area (Å²) >= 11 is 0. The minimum Gasteiger partial charge on any atom is -0.492 e. The molecule has 0 unspecified atom stereocenters. The first-order valence-electron chi connectivity index (χ1n) is 9.86. The summed E-state index contributed by atoms with van der Waals surface area (Å²) in [6.45, 7) is 1.50. The predicted octanol–water partition coefficient (Wildman–Crippen LogP) is 3.34. The molecular weight excluding hydrogens is 449 g/mol. The maximum Gasteiger partial charge on any atom is 0.416 e. The molecule has 0 aromatic heterocycles. The van der Waals surface area contributed by atoms with Crippen LogP contribution in [0.3, 0.4) is 0 Å². The molecular formula is C21H23F3N2O5S. The summed E-state index contributed by atoms with van der Waals surface area (Å²) in [4.78, 5) is 12.0. The first-order valence-corrected chi connectivity index (χ1v) is 11.4. The summed E-state index contributed by atoms with van der Waals surface area (Å²) in [6.07, 6.45) is -3.56. The zero-order valence-corrected chi connectivity index (χ0v) is 17.8. The highest BCUT2D eigenvalue weighted by atomic mass is 32.2. The van der Waals surface area contributed by atoms with Gasteiger partial charge >= 0.3 is 6.18 Å². The quantitative estimate of drug-likeness (QED) is 0.643. The van der Waals surface area contributed by atoms with Crippen LogP contribution < -0.4 is 15.2 Å². The van der Waals surface area contributed by atoms with Gasteiger partial charge in [0.25, 0.3) is 0 Å². The summed E-state index contributed by atoms with van der Waals surface area (Å²) < 4.78 is 74.4. The Morgan fingerprint density at radius 3 is 2.50 bits per heavy atom. The van der Waals surface area contributed by atoms with E-state index in [2.05, 4.69) is 5.32 Å². The largest absolute Gasteiger partial charge is 0.492 e. The van der Waals surface area contributed by atoms with Crippen molar-refractivity contribution < 1.29 is 35.9 Å². The molecule has 3 rings (SSSR count). The Morgan fingerprint density at radius 1 is 1.16 bits per heavy atom. The lowest BCUT2D eigenvalue weighted by molar-refractivity contribution is -0.138. The fraction of sp³-hybridized carbons (Fsp3) is 0.381. The maximum absolute atomic E-state index is 13.1. The van der Waals surface area contributed by atoms with Crippen molar-refractivity contribution in [2.75, 3.05) is 25.1 Å². The first-order chi connectivity index (χ1) is 15.0. The number of carbonyl (C=O) groups is 1. The van der Waals surface area contributed by atoms with Crippen LogP contribution in [-0.4, -0.2) is 34.1 Å². The summed E-state index contributed by atoms with van der Waals surface area (Å²) in [5.74, 6) is -0.484. The Balaban J connectivity index is 1.74. The molecule has 0 radical (unpaired) electrons. The highest BCUT2D eigenvalue weighted by Crippen LogP contribution is 2.32. The van der Waals surface area contributed by atoms with Gasteiger partial charge in [-0.3, -0.25) is 4.79 Å². The fourth-order valence-electron chi connectivity index (χ4n) is 3.38. The Kier molecular flexibility index (Phi) is 7.42. The molecule has 1 aliphatic heterocycles. The molecule has 1 fully saturated rings. The number of nitrogens with two attached hydrogens (primary N) is 1. The number of sulfonamides is 1. The summed E-state index contributed by atoms with van der Waals surface area (Å²) in [6, 6.07) is 8.64. The molecule has 1 aliphatic rings. The van der Waals surface area contributed by atoms with Crippen LogP contribution in [0.1, 0.15) is 24.0 Å². The van der Waals surface area contributed by atoms with Gasteiger partial charge in [0.05, 0.1) is 18.6 Å². The number of benzene rings is 2. The topological polar surface area (TPSA) is 108 Å². The van der Waals surface area contributed by atoms with Crippen LogP contribution in [0.15, 0.2) is 47.4 Å². The standard InChI is InChI=1S/C21H23F3N2O5S/c22-21(23,24)17-4-2-1-3-15(17)11-20(27)26-16-5-6-18(19(12-16)32(25,28)29)31-13-14-7-9-30-10-8-14/h1-6,12,14H,7-11,13H2,(H,26,27)(H2,25,28,29). The summed E-state index contributed by atoms with van der Waals surface area (Å²) in [5.41, 5.74) is -1.03. The lowest BCUT2D eigenvalue weighted by atomic mass is 10.0. The maximum atomic E-state index is 13.1. The number of anilines is 1. The minimum atomic E-state index is -4.60. The van der Waals surface area contributed by atoms with Gasteiger partial charge < -0.3 is 14.8 Å². The average Bonchev–Trinajstić information content (AvgIpc) is 2.72. The number of nitrogens with one attached hydrogen (secondary N) is 1. The number of primary sulfonamides is 1. The van der Waals surface area contributed by atoms with E-state index in [9.17, 15) is 26.4 Å². The third kappa shape index (κ3) is 6.44. The van der Waals surface area contributed by atoms with Gasteiger partial charge in [-0.2, -0.15) is 13.2 Å². The average molecular weight is 472 g/mol. The van der Waals surface area contributed by atoms with Crippen LogP contribution >= 0.6 is 0 Å². The molecule has 1 heterocycles. The molecule has 1 saturated heterocycles. The molecule has 0 saturated carbocycles. The SMILES string of the molecule is NS(=O)(=O)c1cc(NC(=O)Cc2ccccc2C(F)(F)F)ccc1OCC1CCOCC1. The Morgan fingerprint density at radius 2 is 1.84 bits per heavy atom. The van der Waals surface area contributed by atoms with E-state index in [1.807, 2.05) is 0 Å². The van der Waals surface area contributed by atoms with E-state index in [4.69, 9.17) is 14.6 Å². The van der Waals surface area contributed by atoms with Gasteiger partial charge in [-0.05, 0) is 48.6 Å². The van der Waals surface area contributed by atoms with E-state index in [-0.39, 0.29) is 34.4 Å². The molecule has 0 aliphatic carbocycles. The molecule has 2 aromatic carbocycles. The number of alkyl halides is 3. The van der Waals surface area contributed by atoms with Crippen LogP contribution in [-0.2, 0) is 32.2 Å². The van der Waals surface area contributed by atoms with Gasteiger partial charge in [0.2, 0.25) is 15.9 Å². The van der Waals surface area contributed by atoms with Crippen molar-refractivity contribution >= 4 is 21.6 Å². The number of halogens is 3. The molecule has 174 valence electrons. The fourth-order valence-corrected chi connectivity index (χ4v) is 4.08. The third-order valence-electron chi connectivity index (χ3n) is 5.02. The van der Waals surface area contributed by atoms with Crippen molar-refractivity contribution in [1.82, 2.24) is 0 Å². The minimum absolute atomic E-state index is 0.0411. The van der Waals surface area contributed by atoms with Crippen LogP contribution in [0.25, 0.3) is 0 Å². The van der Waals surface area contributed by atoms with Gasteiger partial charge in [-0.15, -0.1) is 0 Å². The number of rotatable bonds is 7. The zero-order valence-electron chi connectivity index (χ0n) is 17.0. The van der Waals surface area contributed by atoms with Crippen molar-refractivity contribution in [2.24, 2.45) is 11.1 Å². The molecule has 11 heteroatoms. The first kappa shape index (κ1) is 24.0. The lowest BCUT2D eigenvalue weighted by Gasteiger charge is -2.22. The normalized spacial score (nSPS) is 15.4. The monoisotopic (exact) mass is 472 g/mol. The number of amides is 1. The smallest absolute Gasteiger partial charge is 0.416 e. The molecule has 0 spiro atoms. The van der Waals surface area contributed by atoms with Crippen molar-refractivity contribution in [2.45, 2.75) is 30.3 Å². The van der Waals surface area contributed by atoms with E-state index in [1.165, 1.54) is 30.3 Å². The van der Waals surface area contributed by atoms with Crippen LogP contribution in [0.2, 0.25) is 0 Å². The zero-order chi connectivity index (χ0) is 23.4. The second kappa shape index (κ2) is 9.88. The third-order valence-corrected chi connectivity index (χ3v) is 5.96. The van der Waals surface area contributed by atoms with Gasteiger partial charge in [0.1, 0.15) is 10.6 Å². The van der Waals surface area contributed by atoms with Crippen molar-refractivity contribution in [3.8, 4) is 5.75 Å². The van der Waals surface area contributed by atoms with Crippen molar-refractivity contribution in [3.05, 3.63) is 53.6 Å². The van der Waals surface area contributed by atoms with Gasteiger partial charge in [0.15, 0.2) is 0 Å². The molecule has 32 heavy (non-hydrogen) atoms. The predicted molar refractivity (Wildman–Crippen MR) is 111 cm³/mol. The van der Waals surface area contributed by atoms with Crippen molar-refractivity contribution in [1.29, 1.82) is 0 Å². The summed E-state index contributed by atoms with van der Waals surface area (Å²) in [7, 11) is -4.18.